The van der Waals surface area contributed by atoms with E-state index in [4.69, 9.17) is 15.0 Å². The second-order valence-corrected chi connectivity index (χ2v) is 26.5. The predicted molar refractivity (Wildman–Crippen MR) is 413 cm³/mol. The minimum atomic E-state index is -0.235. The van der Waals surface area contributed by atoms with Crippen molar-refractivity contribution in [3.63, 3.8) is 0 Å². The largest absolute Gasteiger partial charge is 0.331 e. The number of hydrogen-bond acceptors (Lipinski definition) is 15. The van der Waals surface area contributed by atoms with E-state index in [2.05, 4.69) is 89.3 Å². The number of fused-ring (bicyclic) bond motifs is 3. The molecular formula is C84H80N18O6. The molecule has 15 rings (SSSR count). The highest BCUT2D eigenvalue weighted by Crippen LogP contribution is 2.39. The molecule has 12 heterocycles. The molecule has 3 saturated heterocycles. The molecular weight excluding hydrogens is 1360 g/mol. The molecule has 9 aromatic heterocycles. The topological polar surface area (TPSA) is 277 Å². The van der Waals surface area contributed by atoms with Crippen LogP contribution in [0.3, 0.4) is 0 Å². The Balaban J connectivity index is 0.000000143. The van der Waals surface area contributed by atoms with Crippen molar-refractivity contribution in [2.75, 3.05) is 42.1 Å². The van der Waals surface area contributed by atoms with Gasteiger partial charge in [0.15, 0.2) is 0 Å². The van der Waals surface area contributed by atoms with E-state index in [1.165, 1.54) is 6.08 Å². The zero-order valence-electron chi connectivity index (χ0n) is 60.9. The summed E-state index contributed by atoms with van der Waals surface area (Å²) >= 11 is 0. The fraction of sp³-hybridized carbons (Fsp3) is 0.250. The number of carbonyl (C=O) groups is 6. The molecule has 0 saturated carbocycles. The first kappa shape index (κ1) is 73.0. The van der Waals surface area contributed by atoms with Crippen LogP contribution in [0.4, 0.5) is 17.5 Å². The van der Waals surface area contributed by atoms with Crippen molar-refractivity contribution >= 4 is 69.4 Å². The van der Waals surface area contributed by atoms with Crippen LogP contribution in [0.25, 0.3) is 50.3 Å². The second kappa shape index (κ2) is 33.2. The number of aromatic nitrogens is 12. The summed E-state index contributed by atoms with van der Waals surface area (Å²) in [4.78, 5) is 122. The lowest BCUT2D eigenvalue weighted by molar-refractivity contribution is -0.130. The smallest absolute Gasteiger partial charge is 0.299 e. The fourth-order valence-corrected chi connectivity index (χ4v) is 14.2. The number of nitrogens with one attached hydrogen (secondary N) is 3. The number of carbonyl (C=O) groups excluding carboxylic acids is 6. The average Bonchev–Trinajstić information content (AvgIpc) is 1.62. The number of piperidine rings is 3. The van der Waals surface area contributed by atoms with Gasteiger partial charge in [-0.1, -0.05) is 73.0 Å². The molecule has 0 aliphatic carbocycles. The standard InChI is InChI=1S/C29H28N6O2.C28H26N6O2.C27H26N6O2/c1-4-8-25(36)34-16-7-9-23(18-34)28-33-26(27-20(3)31-17-19(2)35(27)28)21-11-13-22(14-12-21)29(37)32-24-10-5-6-15-30-24;1-3-8-25(35)33-16-7-5-9-22(33)27-32-26(23-18-29-17-19(2)34(23)27)20-11-13-21(14-12-20)28(36)31-24-10-4-6-15-30-24;1-3-24(34)32-15-7-5-8-21(32)26-31-25(22-17-28-16-18(2)33(22)26)19-10-12-20(13-11-19)27(35)30-23-9-4-6-14-29-23/h5-6,10-15,17,23H,7,9,16,18H2,1-3H3,(H,30,32,37);4,6,10-15,17-18,22H,5,7,9,16H2,1-2H3,(H,30,31,36);3-4,6,9-14,16-17,21H,1,5,7-8,15H2,2H3,(H,29,30,35)/t23-;22-;21-/m100/s1. The summed E-state index contributed by atoms with van der Waals surface area (Å²) in [5.41, 5.74) is 12.9. The molecule has 0 bridgehead atoms. The highest BCUT2D eigenvalue weighted by Gasteiger charge is 2.35. The second-order valence-electron chi connectivity index (χ2n) is 26.5. The number of nitrogens with zero attached hydrogens (tertiary/aromatic N) is 15. The van der Waals surface area contributed by atoms with Crippen LogP contribution in [0.2, 0.25) is 0 Å². The fourth-order valence-electron chi connectivity index (χ4n) is 14.2. The Bertz CT molecular complexity index is 5490. The number of imidazole rings is 3. The first-order valence-electron chi connectivity index (χ1n) is 36.0. The molecule has 3 aliphatic rings. The van der Waals surface area contributed by atoms with Crippen molar-refractivity contribution in [2.24, 2.45) is 0 Å². The Morgan fingerprint density at radius 2 is 0.889 bits per heavy atom. The van der Waals surface area contributed by atoms with E-state index in [1.807, 2.05) is 103 Å². The summed E-state index contributed by atoms with van der Waals surface area (Å²) in [6, 6.07) is 37.8. The monoisotopic (exact) mass is 1440 g/mol. The van der Waals surface area contributed by atoms with Crippen LogP contribution in [-0.2, 0) is 14.4 Å². The number of hydrogen-bond donors (Lipinski definition) is 3. The third kappa shape index (κ3) is 15.8. The maximum atomic E-state index is 12.8. The van der Waals surface area contributed by atoms with E-state index in [9.17, 15) is 28.8 Å². The molecule has 3 aromatic carbocycles. The van der Waals surface area contributed by atoms with E-state index in [0.29, 0.717) is 60.3 Å². The molecule has 3 fully saturated rings. The van der Waals surface area contributed by atoms with Crippen molar-refractivity contribution in [3.8, 4) is 57.5 Å². The Hall–Kier alpha value is -13.4. The first-order valence-corrected chi connectivity index (χ1v) is 36.0. The Kier molecular flexibility index (Phi) is 22.4. The van der Waals surface area contributed by atoms with Gasteiger partial charge < -0.3 is 30.7 Å². The van der Waals surface area contributed by atoms with Crippen LogP contribution >= 0.6 is 0 Å². The van der Waals surface area contributed by atoms with Crippen LogP contribution in [0, 0.1) is 51.4 Å². The molecule has 3 atom stereocenters. The molecule has 24 heteroatoms. The lowest BCUT2D eigenvalue weighted by Gasteiger charge is -2.34. The number of amides is 6. The van der Waals surface area contributed by atoms with Gasteiger partial charge in [0.1, 0.15) is 34.9 Å². The lowest BCUT2D eigenvalue weighted by atomic mass is 9.97. The Morgan fingerprint density at radius 3 is 1.34 bits per heavy atom. The van der Waals surface area contributed by atoms with Crippen LogP contribution in [0.1, 0.15) is 155 Å². The van der Waals surface area contributed by atoms with Gasteiger partial charge in [0.2, 0.25) is 5.91 Å². The van der Waals surface area contributed by atoms with E-state index < -0.39 is 0 Å². The SMILES string of the molecule is C=CC(=O)N1CCCC[C@H]1c1nc(-c2ccc(C(=O)Nc3ccccn3)cc2)c2cncc(C)n12.CC#CC(=O)N1CCCC[C@H]1c1nc(-c2ccc(C(=O)Nc3ccccn3)cc2)c2cncc(C)n12.CC#CC(=O)N1CCC[C@@H](c2nc(-c3ccc(C(=O)Nc4ccccn4)cc3)c3c(C)ncc(C)n23)C1. The molecule has 3 N–H and O–H groups in total. The van der Waals surface area contributed by atoms with E-state index in [-0.39, 0.29) is 53.4 Å². The molecule has 542 valence electrons. The van der Waals surface area contributed by atoms with Gasteiger partial charge in [0.25, 0.3) is 29.5 Å². The van der Waals surface area contributed by atoms with Gasteiger partial charge in [-0.3, -0.25) is 56.9 Å². The number of anilines is 3. The Morgan fingerprint density at radius 1 is 0.454 bits per heavy atom. The number of aryl methyl sites for hydroxylation is 4. The maximum Gasteiger partial charge on any atom is 0.299 e. The summed E-state index contributed by atoms with van der Waals surface area (Å²) in [6.07, 6.45) is 22.8. The van der Waals surface area contributed by atoms with Crippen molar-refractivity contribution in [1.82, 2.24) is 72.8 Å². The molecule has 108 heavy (non-hydrogen) atoms. The van der Waals surface area contributed by atoms with E-state index >= 15 is 0 Å². The molecule has 0 spiro atoms. The lowest BCUT2D eigenvalue weighted by Crippen LogP contribution is -2.39. The minimum Gasteiger partial charge on any atom is -0.331 e. The summed E-state index contributed by atoms with van der Waals surface area (Å²) < 4.78 is 6.34. The molecule has 0 radical (unpaired) electrons. The van der Waals surface area contributed by atoms with Gasteiger partial charge >= 0.3 is 0 Å². The summed E-state index contributed by atoms with van der Waals surface area (Å²) in [6.45, 7) is 17.6. The minimum absolute atomic E-state index is 0.0806. The first-order chi connectivity index (χ1) is 52.6. The van der Waals surface area contributed by atoms with Crippen molar-refractivity contribution < 1.29 is 28.8 Å². The van der Waals surface area contributed by atoms with Gasteiger partial charge in [-0.2, -0.15) is 0 Å². The number of pyridine rings is 3. The van der Waals surface area contributed by atoms with Gasteiger partial charge in [-0.15, -0.1) is 0 Å². The van der Waals surface area contributed by atoms with Crippen LogP contribution in [0.5, 0.6) is 0 Å². The highest BCUT2D eigenvalue weighted by molar-refractivity contribution is 6.06. The number of likely N-dealkylation sites (tertiary alicyclic amines) is 3. The summed E-state index contributed by atoms with van der Waals surface area (Å²) in [5, 5.41) is 8.41. The van der Waals surface area contributed by atoms with Gasteiger partial charge in [-0.25, -0.2) is 29.9 Å². The van der Waals surface area contributed by atoms with Crippen molar-refractivity contribution in [2.45, 2.75) is 111 Å². The highest BCUT2D eigenvalue weighted by atomic mass is 16.2. The van der Waals surface area contributed by atoms with Crippen LogP contribution in [-0.4, -0.2) is 134 Å². The summed E-state index contributed by atoms with van der Waals surface area (Å²) in [7, 11) is 0. The molecule has 12 aromatic rings. The van der Waals surface area contributed by atoms with Gasteiger partial charge in [0.05, 0.1) is 63.8 Å². The van der Waals surface area contributed by atoms with Crippen molar-refractivity contribution in [3.05, 3.63) is 247 Å². The van der Waals surface area contributed by atoms with Gasteiger partial charge in [-0.05, 0) is 184 Å². The van der Waals surface area contributed by atoms with Crippen LogP contribution < -0.4 is 16.0 Å². The third-order valence-electron chi connectivity index (χ3n) is 19.4. The molecule has 6 amide bonds. The molecule has 0 unspecified atom stereocenters. The van der Waals surface area contributed by atoms with Crippen molar-refractivity contribution in [1.29, 1.82) is 0 Å². The zero-order valence-corrected chi connectivity index (χ0v) is 60.9. The predicted octanol–water partition coefficient (Wildman–Crippen LogP) is 13.4. The maximum absolute atomic E-state index is 12.8. The number of rotatable bonds is 13. The normalized spacial score (nSPS) is 15.4. The van der Waals surface area contributed by atoms with Gasteiger partial charge in [0, 0.05) is 120 Å². The summed E-state index contributed by atoms with van der Waals surface area (Å²) in [5.74, 6) is 13.9. The Labute approximate surface area is 624 Å². The average molecular weight is 1440 g/mol. The molecule has 24 nitrogen and oxygen atoms in total. The van der Waals surface area contributed by atoms with Crippen LogP contribution in [0.15, 0.2) is 190 Å². The molecule has 3 aliphatic heterocycles. The third-order valence-corrected chi connectivity index (χ3v) is 19.4. The zero-order chi connectivity index (χ0) is 75.4. The van der Waals surface area contributed by atoms with E-state index in [0.717, 1.165) is 142 Å². The number of benzene rings is 3. The van der Waals surface area contributed by atoms with E-state index in [1.54, 1.807) is 130 Å². The quantitative estimate of drug-likeness (QED) is 0.0715.